The van der Waals surface area contributed by atoms with E-state index in [1.807, 2.05) is 20.8 Å². The molecule has 0 amide bonds. The van der Waals surface area contributed by atoms with Gasteiger partial charge in [-0.15, -0.1) is 12.8 Å². The van der Waals surface area contributed by atoms with Gasteiger partial charge in [0.1, 0.15) is 11.8 Å². The predicted octanol–water partition coefficient (Wildman–Crippen LogP) is 2.96. The zero-order chi connectivity index (χ0) is 19.3. The van der Waals surface area contributed by atoms with Gasteiger partial charge in [-0.25, -0.2) is 0 Å². The van der Waals surface area contributed by atoms with E-state index in [0.29, 0.717) is 0 Å². The lowest BCUT2D eigenvalue weighted by molar-refractivity contribution is -0.152. The number of fused-ring (bicyclic) bond motifs is 1. The molecule has 2 saturated heterocycles. The summed E-state index contributed by atoms with van der Waals surface area (Å²) in [4.78, 5) is 12.0. The Bertz CT molecular complexity index is 624. The molecule has 8 heteroatoms. The van der Waals surface area contributed by atoms with Crippen molar-refractivity contribution in [1.29, 1.82) is 0 Å². The summed E-state index contributed by atoms with van der Waals surface area (Å²) in [5.41, 5.74) is -1.77. The van der Waals surface area contributed by atoms with E-state index >= 15 is 0 Å². The van der Waals surface area contributed by atoms with Crippen molar-refractivity contribution in [3.05, 3.63) is 34.2 Å². The molecule has 0 spiro atoms. The molecule has 1 N–H and O–H groups in total. The first kappa shape index (κ1) is 21.2. The third-order valence-corrected chi connectivity index (χ3v) is 3.54. The van der Waals surface area contributed by atoms with Gasteiger partial charge in [-0.05, 0) is 33.3 Å². The molecule has 3 unspecified atom stereocenters. The molecule has 0 aliphatic carbocycles. The lowest BCUT2D eigenvalue weighted by atomic mass is 10.0. The van der Waals surface area contributed by atoms with Crippen molar-refractivity contribution in [2.45, 2.75) is 57.5 Å². The average molecular weight is 361 g/mol. The number of aromatic amines is 1. The highest BCUT2D eigenvalue weighted by Crippen LogP contribution is 2.34. The number of halogens is 3. The molecule has 2 aliphatic rings. The molecule has 140 valence electrons. The molecule has 0 radical (unpaired) electrons. The van der Waals surface area contributed by atoms with E-state index in [1.165, 1.54) is 0 Å². The lowest BCUT2D eigenvalue weighted by Gasteiger charge is -2.28. The van der Waals surface area contributed by atoms with Crippen LogP contribution in [0.1, 0.15) is 32.9 Å². The van der Waals surface area contributed by atoms with Crippen LogP contribution >= 0.6 is 0 Å². The molecule has 3 rings (SSSR count). The highest BCUT2D eigenvalue weighted by molar-refractivity contribution is 5.06. The summed E-state index contributed by atoms with van der Waals surface area (Å²) in [5, 5.41) is 0. The van der Waals surface area contributed by atoms with E-state index in [1.54, 1.807) is 4.98 Å². The van der Waals surface area contributed by atoms with Crippen molar-refractivity contribution in [1.82, 2.24) is 4.98 Å². The van der Waals surface area contributed by atoms with E-state index in [-0.39, 0.29) is 18.3 Å². The fourth-order valence-corrected chi connectivity index (χ4v) is 2.56. The normalized spacial score (nSPS) is 27.1. The van der Waals surface area contributed by atoms with Crippen LogP contribution in [0.2, 0.25) is 0 Å². The summed E-state index contributed by atoms with van der Waals surface area (Å²) >= 11 is 0. The lowest BCUT2D eigenvalue weighted by Crippen LogP contribution is -2.40. The van der Waals surface area contributed by atoms with Crippen molar-refractivity contribution >= 4 is 0 Å². The monoisotopic (exact) mass is 361 g/mol. The second-order valence-corrected chi connectivity index (χ2v) is 5.93. The molecule has 25 heavy (non-hydrogen) atoms. The maximum Gasteiger partial charge on any atom is 0.431 e. The van der Waals surface area contributed by atoms with E-state index in [2.05, 4.69) is 12.8 Å². The molecule has 5 nitrogen and oxygen atoms in total. The number of H-pyrrole nitrogens is 1. The van der Waals surface area contributed by atoms with Crippen LogP contribution in [-0.4, -0.2) is 35.7 Å². The van der Waals surface area contributed by atoms with Crippen LogP contribution in [-0.2, 0) is 20.4 Å². The number of hydrogen-bond donors (Lipinski definition) is 1. The first-order valence-corrected chi connectivity index (χ1v) is 7.65. The Morgan fingerprint density at radius 3 is 2.36 bits per heavy atom. The van der Waals surface area contributed by atoms with Crippen molar-refractivity contribution in [3.63, 3.8) is 0 Å². The Morgan fingerprint density at radius 2 is 1.88 bits per heavy atom. The zero-order valence-electron chi connectivity index (χ0n) is 14.3. The highest BCUT2D eigenvalue weighted by Gasteiger charge is 2.45. The van der Waals surface area contributed by atoms with E-state index in [4.69, 9.17) is 14.2 Å². The van der Waals surface area contributed by atoms with E-state index in [0.717, 1.165) is 31.2 Å². The number of hydrogen-bond acceptors (Lipinski definition) is 4. The highest BCUT2D eigenvalue weighted by atomic mass is 19.4. The second kappa shape index (κ2) is 8.52. The van der Waals surface area contributed by atoms with Crippen LogP contribution in [0.15, 0.2) is 23.0 Å². The third-order valence-electron chi connectivity index (χ3n) is 3.54. The predicted molar refractivity (Wildman–Crippen MR) is 85.8 cm³/mol. The summed E-state index contributed by atoms with van der Waals surface area (Å²) in [6, 6.07) is 2.89. The number of terminal acetylenes is 1. The molecule has 0 saturated carbocycles. The maximum absolute atomic E-state index is 11.8. The Labute approximate surface area is 144 Å². The van der Waals surface area contributed by atoms with Gasteiger partial charge in [0.25, 0.3) is 0 Å². The Hall–Kier alpha value is -1.82. The Kier molecular flexibility index (Phi) is 7.23. The third kappa shape index (κ3) is 6.20. The first-order chi connectivity index (χ1) is 11.6. The fourth-order valence-electron chi connectivity index (χ4n) is 2.56. The summed E-state index contributed by atoms with van der Waals surface area (Å²) in [5.74, 6) is -0.419. The molecule has 2 aliphatic heterocycles. The molecule has 1 aromatic heterocycles. The van der Waals surface area contributed by atoms with Crippen molar-refractivity contribution in [2.75, 3.05) is 6.61 Å². The van der Waals surface area contributed by atoms with Gasteiger partial charge in [0.05, 0.1) is 12.2 Å². The number of alkyl halides is 3. The van der Waals surface area contributed by atoms with Gasteiger partial charge >= 0.3 is 6.18 Å². The number of aromatic nitrogens is 1. The quantitative estimate of drug-likeness (QED) is 0.722. The van der Waals surface area contributed by atoms with Crippen molar-refractivity contribution < 1.29 is 27.4 Å². The minimum Gasteiger partial charge on any atom is -0.376 e. The van der Waals surface area contributed by atoms with Gasteiger partial charge in [-0.2, -0.15) is 13.2 Å². The molecular weight excluding hydrogens is 339 g/mol. The second-order valence-electron chi connectivity index (χ2n) is 5.93. The van der Waals surface area contributed by atoms with Crippen molar-refractivity contribution in [2.24, 2.45) is 0 Å². The van der Waals surface area contributed by atoms with Gasteiger partial charge in [0, 0.05) is 12.7 Å². The van der Waals surface area contributed by atoms with Crippen LogP contribution < -0.4 is 5.56 Å². The number of ether oxygens (including phenoxy) is 3. The van der Waals surface area contributed by atoms with Crippen molar-refractivity contribution in [3.8, 4) is 12.8 Å². The van der Waals surface area contributed by atoms with Crippen LogP contribution in [0.5, 0.6) is 0 Å². The molecule has 1 aromatic rings. The molecule has 3 atom stereocenters. The maximum atomic E-state index is 11.8. The molecule has 2 fully saturated rings. The molecule has 0 bridgehead atoms. The van der Waals surface area contributed by atoms with Crippen LogP contribution in [0.3, 0.4) is 0 Å². The average Bonchev–Trinajstić information content (AvgIpc) is 2.85. The van der Waals surface area contributed by atoms with Gasteiger partial charge < -0.3 is 19.2 Å². The largest absolute Gasteiger partial charge is 0.431 e. The summed E-state index contributed by atoms with van der Waals surface area (Å²) in [6.07, 6.45) is 5.03. The SMILES string of the molecule is C#C.CC1OCCC2OC(C)(C)OC12.O=c1cccc(C(F)(F)F)[nH]1. The summed E-state index contributed by atoms with van der Waals surface area (Å²) in [7, 11) is 0. The van der Waals surface area contributed by atoms with Gasteiger partial charge in [-0.1, -0.05) is 6.07 Å². The molecular formula is C17H22F3NO4. The standard InChI is InChI=1S/C9H16O3.C6H4F3NO.C2H2/c1-6-8-7(4-5-10-6)11-9(2,3)12-8;7-6(8,9)4-2-1-3-5(11)10-4;1-2/h6-8H,4-5H2,1-3H3;1-3H,(H,10,11);1-2H. The number of rotatable bonds is 0. The number of pyridine rings is 1. The van der Waals surface area contributed by atoms with Crippen LogP contribution in [0.25, 0.3) is 0 Å². The molecule has 3 heterocycles. The number of nitrogens with one attached hydrogen (secondary N) is 1. The minimum absolute atomic E-state index is 0.133. The first-order valence-electron chi connectivity index (χ1n) is 7.65. The van der Waals surface area contributed by atoms with E-state index in [9.17, 15) is 18.0 Å². The summed E-state index contributed by atoms with van der Waals surface area (Å²) in [6.45, 7) is 6.75. The van der Waals surface area contributed by atoms with Crippen LogP contribution in [0, 0.1) is 12.8 Å². The Balaban J connectivity index is 0.000000229. The topological polar surface area (TPSA) is 60.6 Å². The molecule has 0 aromatic carbocycles. The zero-order valence-corrected chi connectivity index (χ0v) is 14.3. The summed E-state index contributed by atoms with van der Waals surface area (Å²) < 4.78 is 52.3. The minimum atomic E-state index is -4.47. The smallest absolute Gasteiger partial charge is 0.376 e. The van der Waals surface area contributed by atoms with E-state index < -0.39 is 23.2 Å². The fraction of sp³-hybridized carbons (Fsp3) is 0.588. The Morgan fingerprint density at radius 1 is 1.24 bits per heavy atom. The van der Waals surface area contributed by atoms with Gasteiger partial charge in [0.2, 0.25) is 5.56 Å². The van der Waals surface area contributed by atoms with Crippen LogP contribution in [0.4, 0.5) is 13.2 Å². The van der Waals surface area contributed by atoms with Gasteiger partial charge in [-0.3, -0.25) is 4.79 Å². The van der Waals surface area contributed by atoms with Gasteiger partial charge in [0.15, 0.2) is 5.79 Å².